The van der Waals surface area contributed by atoms with Crippen LogP contribution in [0.2, 0.25) is 0 Å². The van der Waals surface area contributed by atoms with E-state index in [9.17, 15) is 4.79 Å². The minimum absolute atomic E-state index is 0.0615. The SMILES string of the molecule is COc1ccc(-c2cnc(Nc3ccc(C(=O)NC4CCOCC4)cc3)nc2)cc1. The molecule has 0 saturated carbocycles. The summed E-state index contributed by atoms with van der Waals surface area (Å²) >= 11 is 0. The van der Waals surface area contributed by atoms with Crippen LogP contribution in [0.25, 0.3) is 11.1 Å². The molecule has 1 aromatic heterocycles. The Hall–Kier alpha value is -3.45. The Labute approximate surface area is 175 Å². The van der Waals surface area contributed by atoms with Gasteiger partial charge in [0.2, 0.25) is 5.95 Å². The molecule has 0 aliphatic carbocycles. The van der Waals surface area contributed by atoms with Gasteiger partial charge in [0.05, 0.1) is 7.11 Å². The maximum Gasteiger partial charge on any atom is 0.251 e. The molecule has 0 bridgehead atoms. The lowest BCUT2D eigenvalue weighted by Gasteiger charge is -2.23. The first-order valence-electron chi connectivity index (χ1n) is 9.93. The molecule has 2 N–H and O–H groups in total. The van der Waals surface area contributed by atoms with Gasteiger partial charge in [-0.2, -0.15) is 0 Å². The Balaban J connectivity index is 1.36. The summed E-state index contributed by atoms with van der Waals surface area (Å²) in [6, 6.07) is 15.2. The van der Waals surface area contributed by atoms with Crippen molar-refractivity contribution in [3.05, 3.63) is 66.5 Å². The van der Waals surface area contributed by atoms with E-state index in [0.717, 1.165) is 35.4 Å². The van der Waals surface area contributed by atoms with Gasteiger partial charge in [-0.05, 0) is 54.8 Å². The van der Waals surface area contributed by atoms with Crippen LogP contribution in [0.4, 0.5) is 11.6 Å². The second kappa shape index (κ2) is 9.37. The minimum Gasteiger partial charge on any atom is -0.497 e. The Morgan fingerprint density at radius 1 is 0.967 bits per heavy atom. The van der Waals surface area contributed by atoms with Gasteiger partial charge in [-0.15, -0.1) is 0 Å². The quantitative estimate of drug-likeness (QED) is 0.650. The standard InChI is InChI=1S/C23H24N4O3/c1-29-21-8-4-16(5-9-21)18-14-24-23(25-15-18)27-19-6-2-17(3-7-19)22(28)26-20-10-12-30-13-11-20/h2-9,14-15,20H,10-13H2,1H3,(H,26,28)(H,24,25,27). The molecule has 3 aromatic rings. The number of methoxy groups -OCH3 is 1. The van der Waals surface area contributed by atoms with Crippen molar-refractivity contribution in [1.29, 1.82) is 0 Å². The zero-order valence-corrected chi connectivity index (χ0v) is 16.8. The van der Waals surface area contributed by atoms with Crippen LogP contribution in [0.3, 0.4) is 0 Å². The van der Waals surface area contributed by atoms with E-state index in [1.54, 1.807) is 31.6 Å². The van der Waals surface area contributed by atoms with E-state index in [1.165, 1.54) is 0 Å². The topological polar surface area (TPSA) is 85.4 Å². The van der Waals surface area contributed by atoms with Gasteiger partial charge in [0.1, 0.15) is 5.75 Å². The van der Waals surface area contributed by atoms with Crippen LogP contribution in [0.1, 0.15) is 23.2 Å². The Kier molecular flexibility index (Phi) is 6.20. The number of benzene rings is 2. The highest BCUT2D eigenvalue weighted by atomic mass is 16.5. The second-order valence-electron chi connectivity index (χ2n) is 7.09. The summed E-state index contributed by atoms with van der Waals surface area (Å²) in [5.41, 5.74) is 3.38. The molecule has 154 valence electrons. The van der Waals surface area contributed by atoms with Crippen molar-refractivity contribution in [2.45, 2.75) is 18.9 Å². The van der Waals surface area contributed by atoms with Gasteiger partial charge < -0.3 is 20.1 Å². The number of hydrogen-bond donors (Lipinski definition) is 2. The molecule has 0 radical (unpaired) electrons. The van der Waals surface area contributed by atoms with Crippen LogP contribution < -0.4 is 15.4 Å². The van der Waals surface area contributed by atoms with Gasteiger partial charge in [0.15, 0.2) is 0 Å². The van der Waals surface area contributed by atoms with Crippen molar-refractivity contribution in [2.75, 3.05) is 25.6 Å². The van der Waals surface area contributed by atoms with Gasteiger partial charge >= 0.3 is 0 Å². The van der Waals surface area contributed by atoms with Crippen LogP contribution in [-0.2, 0) is 4.74 Å². The summed E-state index contributed by atoms with van der Waals surface area (Å²) in [5.74, 6) is 1.24. The monoisotopic (exact) mass is 404 g/mol. The van der Waals surface area contributed by atoms with E-state index in [4.69, 9.17) is 9.47 Å². The van der Waals surface area contributed by atoms with Gasteiger partial charge in [-0.1, -0.05) is 12.1 Å². The molecule has 2 heterocycles. The van der Waals surface area contributed by atoms with E-state index in [0.29, 0.717) is 24.7 Å². The van der Waals surface area contributed by atoms with Crippen LogP contribution in [0, 0.1) is 0 Å². The zero-order valence-electron chi connectivity index (χ0n) is 16.8. The van der Waals surface area contributed by atoms with Gasteiger partial charge in [0, 0.05) is 48.5 Å². The molecule has 7 heteroatoms. The molecular formula is C23H24N4O3. The first-order valence-corrected chi connectivity index (χ1v) is 9.93. The van der Waals surface area contributed by atoms with Crippen molar-refractivity contribution in [3.8, 4) is 16.9 Å². The van der Waals surface area contributed by atoms with Gasteiger partial charge in [0.25, 0.3) is 5.91 Å². The highest BCUT2D eigenvalue weighted by Gasteiger charge is 2.16. The second-order valence-corrected chi connectivity index (χ2v) is 7.09. The van der Waals surface area contributed by atoms with E-state index in [-0.39, 0.29) is 11.9 Å². The fourth-order valence-electron chi connectivity index (χ4n) is 3.27. The summed E-state index contributed by atoms with van der Waals surface area (Å²) in [5, 5.41) is 6.22. The lowest BCUT2D eigenvalue weighted by Crippen LogP contribution is -2.38. The van der Waals surface area contributed by atoms with Crippen LogP contribution in [-0.4, -0.2) is 42.2 Å². The highest BCUT2D eigenvalue weighted by Crippen LogP contribution is 2.22. The molecule has 1 aliphatic heterocycles. The minimum atomic E-state index is -0.0615. The smallest absolute Gasteiger partial charge is 0.251 e. The van der Waals surface area contributed by atoms with Crippen molar-refractivity contribution in [3.63, 3.8) is 0 Å². The number of carbonyl (C=O) groups excluding carboxylic acids is 1. The number of nitrogens with zero attached hydrogens (tertiary/aromatic N) is 2. The Morgan fingerprint density at radius 2 is 1.63 bits per heavy atom. The van der Waals surface area contributed by atoms with E-state index >= 15 is 0 Å². The maximum absolute atomic E-state index is 12.4. The zero-order chi connectivity index (χ0) is 20.8. The van der Waals surface area contributed by atoms with E-state index < -0.39 is 0 Å². The third-order valence-corrected chi connectivity index (χ3v) is 5.03. The molecule has 7 nitrogen and oxygen atoms in total. The number of anilines is 2. The lowest BCUT2D eigenvalue weighted by atomic mass is 10.1. The lowest BCUT2D eigenvalue weighted by molar-refractivity contribution is 0.0696. The maximum atomic E-state index is 12.4. The average molecular weight is 404 g/mol. The molecule has 0 atom stereocenters. The van der Waals surface area contributed by atoms with Gasteiger partial charge in [-0.25, -0.2) is 9.97 Å². The molecule has 30 heavy (non-hydrogen) atoms. The normalized spacial score (nSPS) is 14.2. The van der Waals surface area contributed by atoms with Gasteiger partial charge in [-0.3, -0.25) is 4.79 Å². The Bertz CT molecular complexity index is 967. The summed E-state index contributed by atoms with van der Waals surface area (Å²) in [4.78, 5) is 21.2. The molecule has 1 aliphatic rings. The molecule has 0 unspecified atom stereocenters. The van der Waals surface area contributed by atoms with Crippen LogP contribution >= 0.6 is 0 Å². The third kappa shape index (κ3) is 4.93. The fraction of sp³-hybridized carbons (Fsp3) is 0.261. The summed E-state index contributed by atoms with van der Waals surface area (Å²) in [7, 11) is 1.64. The van der Waals surface area contributed by atoms with Crippen molar-refractivity contribution in [1.82, 2.24) is 15.3 Å². The fourth-order valence-corrected chi connectivity index (χ4v) is 3.27. The molecular weight excluding hydrogens is 380 g/mol. The van der Waals surface area contributed by atoms with Crippen molar-refractivity contribution >= 4 is 17.5 Å². The van der Waals surface area contributed by atoms with Crippen LogP contribution in [0.15, 0.2) is 60.9 Å². The number of hydrogen-bond acceptors (Lipinski definition) is 6. The summed E-state index contributed by atoms with van der Waals surface area (Å²) in [6.07, 6.45) is 5.25. The molecule has 1 amide bonds. The number of carbonyl (C=O) groups is 1. The first kappa shape index (κ1) is 19.8. The molecule has 0 spiro atoms. The van der Waals surface area contributed by atoms with E-state index in [1.807, 2.05) is 36.4 Å². The summed E-state index contributed by atoms with van der Waals surface area (Å²) < 4.78 is 10.5. The van der Waals surface area contributed by atoms with E-state index in [2.05, 4.69) is 20.6 Å². The molecule has 1 saturated heterocycles. The molecule has 1 fully saturated rings. The molecule has 2 aromatic carbocycles. The Morgan fingerprint density at radius 3 is 2.27 bits per heavy atom. The largest absolute Gasteiger partial charge is 0.497 e. The number of ether oxygens (including phenoxy) is 2. The number of aromatic nitrogens is 2. The number of nitrogens with one attached hydrogen (secondary N) is 2. The number of rotatable bonds is 6. The first-order chi connectivity index (χ1) is 14.7. The van der Waals surface area contributed by atoms with Crippen molar-refractivity contribution in [2.24, 2.45) is 0 Å². The highest BCUT2D eigenvalue weighted by molar-refractivity contribution is 5.94. The third-order valence-electron chi connectivity index (χ3n) is 5.03. The predicted molar refractivity (Wildman–Crippen MR) is 115 cm³/mol. The predicted octanol–water partition coefficient (Wildman–Crippen LogP) is 3.80. The van der Waals surface area contributed by atoms with Crippen LogP contribution in [0.5, 0.6) is 5.75 Å². The number of amides is 1. The average Bonchev–Trinajstić information content (AvgIpc) is 2.81. The molecule has 4 rings (SSSR count). The summed E-state index contributed by atoms with van der Waals surface area (Å²) in [6.45, 7) is 1.40. The van der Waals surface area contributed by atoms with Crippen molar-refractivity contribution < 1.29 is 14.3 Å².